The Hall–Kier alpha value is -0.860. The lowest BCUT2D eigenvalue weighted by molar-refractivity contribution is 0.0606. The first kappa shape index (κ1) is 14.5. The summed E-state index contributed by atoms with van der Waals surface area (Å²) in [6.07, 6.45) is 0.549. The van der Waals surface area contributed by atoms with Crippen LogP contribution in [0, 0.1) is 0 Å². The molecule has 106 valence electrons. The molecule has 2 heterocycles. The van der Waals surface area contributed by atoms with Crippen LogP contribution in [-0.4, -0.2) is 51.1 Å². The van der Waals surface area contributed by atoms with Gasteiger partial charge in [0.15, 0.2) is 25.0 Å². The lowest BCUT2D eigenvalue weighted by atomic mass is 10.4. The maximum Gasteiger partial charge on any atom is 0.351 e. The van der Waals surface area contributed by atoms with Crippen LogP contribution < -0.4 is 4.90 Å². The lowest BCUT2D eigenvalue weighted by Gasteiger charge is -2.17. The second-order valence-electron chi connectivity index (χ2n) is 4.10. The highest BCUT2D eigenvalue weighted by atomic mass is 35.5. The van der Waals surface area contributed by atoms with E-state index in [1.165, 1.54) is 7.11 Å². The number of esters is 1. The van der Waals surface area contributed by atoms with Gasteiger partial charge >= 0.3 is 5.97 Å². The molecule has 0 unspecified atom stereocenters. The minimum absolute atomic E-state index is 0.0950. The molecule has 1 aliphatic rings. The molecule has 0 spiro atoms. The second kappa shape index (κ2) is 5.64. The van der Waals surface area contributed by atoms with Crippen molar-refractivity contribution in [1.82, 2.24) is 4.98 Å². The molecule has 1 saturated heterocycles. The number of sulfone groups is 1. The molecule has 2 rings (SSSR count). The van der Waals surface area contributed by atoms with E-state index in [1.807, 2.05) is 4.90 Å². The Morgan fingerprint density at radius 3 is 2.84 bits per heavy atom. The number of hydrogen-bond acceptors (Lipinski definition) is 7. The van der Waals surface area contributed by atoms with Gasteiger partial charge in [0, 0.05) is 13.1 Å². The van der Waals surface area contributed by atoms with Gasteiger partial charge in [-0.15, -0.1) is 0 Å². The maximum atomic E-state index is 11.5. The Balaban J connectivity index is 2.21. The van der Waals surface area contributed by atoms with E-state index in [-0.39, 0.29) is 21.5 Å². The van der Waals surface area contributed by atoms with Gasteiger partial charge in [0.2, 0.25) is 0 Å². The molecule has 6 nitrogen and oxygen atoms in total. The van der Waals surface area contributed by atoms with Crippen molar-refractivity contribution in [2.75, 3.05) is 36.6 Å². The van der Waals surface area contributed by atoms with Crippen LogP contribution in [0.3, 0.4) is 0 Å². The maximum absolute atomic E-state index is 11.5. The molecular weight excluding hydrogens is 312 g/mol. The minimum atomic E-state index is -2.97. The molecule has 0 saturated carbocycles. The summed E-state index contributed by atoms with van der Waals surface area (Å²) >= 11 is 7.01. The Bertz CT molecular complexity index is 584. The molecule has 0 aliphatic carbocycles. The summed E-state index contributed by atoms with van der Waals surface area (Å²) in [4.78, 5) is 17.6. The average Bonchev–Trinajstić information content (AvgIpc) is 2.64. The van der Waals surface area contributed by atoms with E-state index in [0.29, 0.717) is 24.6 Å². The van der Waals surface area contributed by atoms with Gasteiger partial charge in [0.25, 0.3) is 0 Å². The standard InChI is InChI=1S/C10H13ClN2O4S2/c1-17-9(14)7-8(11)12-10(18-7)13-3-2-5-19(15,16)6-4-13/h2-6H2,1H3. The fourth-order valence-electron chi connectivity index (χ4n) is 1.77. The van der Waals surface area contributed by atoms with Crippen molar-refractivity contribution < 1.29 is 17.9 Å². The number of halogens is 1. The first-order chi connectivity index (χ1) is 8.93. The number of hydrogen-bond donors (Lipinski definition) is 0. The average molecular weight is 325 g/mol. The van der Waals surface area contributed by atoms with Crippen LogP contribution in [0.4, 0.5) is 5.13 Å². The fourth-order valence-corrected chi connectivity index (χ4v) is 4.30. The first-order valence-electron chi connectivity index (χ1n) is 5.63. The number of anilines is 1. The van der Waals surface area contributed by atoms with Gasteiger partial charge in [0.05, 0.1) is 18.6 Å². The predicted octanol–water partition coefficient (Wildman–Crippen LogP) is 1.21. The summed E-state index contributed by atoms with van der Waals surface area (Å²) in [6, 6.07) is 0. The van der Waals surface area contributed by atoms with Crippen LogP contribution in [0.5, 0.6) is 0 Å². The highest BCUT2D eigenvalue weighted by molar-refractivity contribution is 7.91. The van der Waals surface area contributed by atoms with Gasteiger partial charge in [-0.05, 0) is 6.42 Å². The quantitative estimate of drug-likeness (QED) is 0.761. The summed E-state index contributed by atoms with van der Waals surface area (Å²) in [5.41, 5.74) is 0. The SMILES string of the molecule is COC(=O)c1sc(N2CCCS(=O)(=O)CC2)nc1Cl. The molecule has 1 aromatic heterocycles. The van der Waals surface area contributed by atoms with Crippen LogP contribution in [0.2, 0.25) is 5.15 Å². The molecule has 1 fully saturated rings. The number of rotatable bonds is 2. The molecule has 9 heteroatoms. The van der Waals surface area contributed by atoms with Crippen molar-refractivity contribution in [3.05, 3.63) is 10.0 Å². The number of methoxy groups -OCH3 is 1. The normalized spacial score (nSPS) is 18.9. The van der Waals surface area contributed by atoms with Gasteiger partial charge in [0.1, 0.15) is 0 Å². The van der Waals surface area contributed by atoms with Crippen molar-refractivity contribution >= 4 is 43.9 Å². The van der Waals surface area contributed by atoms with E-state index in [2.05, 4.69) is 9.72 Å². The van der Waals surface area contributed by atoms with Crippen molar-refractivity contribution in [2.45, 2.75) is 6.42 Å². The zero-order chi connectivity index (χ0) is 14.0. The second-order valence-corrected chi connectivity index (χ2v) is 7.74. The highest BCUT2D eigenvalue weighted by Gasteiger charge is 2.24. The molecule has 1 aliphatic heterocycles. The molecule has 19 heavy (non-hydrogen) atoms. The van der Waals surface area contributed by atoms with Crippen molar-refractivity contribution in [2.24, 2.45) is 0 Å². The van der Waals surface area contributed by atoms with Crippen molar-refractivity contribution in [1.29, 1.82) is 0 Å². The fraction of sp³-hybridized carbons (Fsp3) is 0.600. The van der Waals surface area contributed by atoms with E-state index in [0.717, 1.165) is 11.3 Å². The van der Waals surface area contributed by atoms with E-state index in [9.17, 15) is 13.2 Å². The molecule has 0 N–H and O–H groups in total. The van der Waals surface area contributed by atoms with E-state index in [1.54, 1.807) is 0 Å². The number of carbonyl (C=O) groups excluding carboxylic acids is 1. The Morgan fingerprint density at radius 1 is 1.42 bits per heavy atom. The smallest absolute Gasteiger partial charge is 0.351 e. The summed E-state index contributed by atoms with van der Waals surface area (Å²) < 4.78 is 27.7. The van der Waals surface area contributed by atoms with Crippen LogP contribution in [0.25, 0.3) is 0 Å². The topological polar surface area (TPSA) is 76.6 Å². The molecule has 0 radical (unpaired) electrons. The molecule has 1 aromatic rings. The summed E-state index contributed by atoms with van der Waals surface area (Å²) in [5, 5.41) is 0.654. The Morgan fingerprint density at radius 2 is 2.16 bits per heavy atom. The largest absolute Gasteiger partial charge is 0.465 e. The van der Waals surface area contributed by atoms with Gasteiger partial charge in [-0.25, -0.2) is 18.2 Å². The predicted molar refractivity (Wildman–Crippen MR) is 73.9 cm³/mol. The first-order valence-corrected chi connectivity index (χ1v) is 8.64. The number of aromatic nitrogens is 1. The van der Waals surface area contributed by atoms with Crippen LogP contribution in [-0.2, 0) is 14.6 Å². The minimum Gasteiger partial charge on any atom is -0.465 e. The Kier molecular flexibility index (Phi) is 4.32. The zero-order valence-corrected chi connectivity index (χ0v) is 12.6. The summed E-state index contributed by atoms with van der Waals surface area (Å²) in [5.74, 6) is -0.249. The summed E-state index contributed by atoms with van der Waals surface area (Å²) in [6.45, 7) is 0.955. The van der Waals surface area contributed by atoms with E-state index in [4.69, 9.17) is 11.6 Å². The van der Waals surface area contributed by atoms with Gasteiger partial charge < -0.3 is 9.64 Å². The zero-order valence-electron chi connectivity index (χ0n) is 10.3. The van der Waals surface area contributed by atoms with Crippen molar-refractivity contribution in [3.8, 4) is 0 Å². The molecule has 0 amide bonds. The third kappa shape index (κ3) is 3.37. The van der Waals surface area contributed by atoms with Gasteiger partial charge in [-0.3, -0.25) is 0 Å². The molecule has 0 atom stereocenters. The third-order valence-corrected chi connectivity index (χ3v) is 5.97. The number of nitrogens with zero attached hydrogens (tertiary/aromatic N) is 2. The van der Waals surface area contributed by atoms with E-state index < -0.39 is 15.8 Å². The number of ether oxygens (including phenoxy) is 1. The number of thiazole rings is 1. The molecular formula is C10H13ClN2O4S2. The monoisotopic (exact) mass is 324 g/mol. The summed E-state index contributed by atoms with van der Waals surface area (Å²) in [7, 11) is -1.70. The number of carbonyl (C=O) groups is 1. The molecule has 0 aromatic carbocycles. The van der Waals surface area contributed by atoms with E-state index >= 15 is 0 Å². The van der Waals surface area contributed by atoms with Gasteiger partial charge in [-0.2, -0.15) is 0 Å². The van der Waals surface area contributed by atoms with Crippen LogP contribution in [0.15, 0.2) is 0 Å². The Labute approximate surface area is 120 Å². The lowest BCUT2D eigenvalue weighted by Crippen LogP contribution is -2.26. The highest BCUT2D eigenvalue weighted by Crippen LogP contribution is 2.30. The van der Waals surface area contributed by atoms with Crippen LogP contribution in [0.1, 0.15) is 16.1 Å². The van der Waals surface area contributed by atoms with Gasteiger partial charge in [-0.1, -0.05) is 22.9 Å². The van der Waals surface area contributed by atoms with Crippen LogP contribution >= 0.6 is 22.9 Å². The molecule has 0 bridgehead atoms. The third-order valence-electron chi connectivity index (χ3n) is 2.77. The van der Waals surface area contributed by atoms with Crippen molar-refractivity contribution in [3.63, 3.8) is 0 Å².